The molecule has 0 aliphatic rings. The molecule has 0 aliphatic heterocycles. The predicted molar refractivity (Wildman–Crippen MR) is 76.8 cm³/mol. The third-order valence-electron chi connectivity index (χ3n) is 2.80. The second kappa shape index (κ2) is 6.04. The normalized spacial score (nSPS) is 10.2. The molecular weight excluding hydrogens is 295 g/mol. The van der Waals surface area contributed by atoms with Crippen molar-refractivity contribution in [1.29, 1.82) is 0 Å². The number of benzene rings is 1. The summed E-state index contributed by atoms with van der Waals surface area (Å²) >= 11 is 0. The molecule has 0 atom stereocenters. The molecule has 0 bridgehead atoms. The molecule has 8 nitrogen and oxygen atoms in total. The predicted octanol–water partition coefficient (Wildman–Crippen LogP) is 1.12. The first-order chi connectivity index (χ1) is 10.4. The molecule has 1 heterocycles. The Hall–Kier alpha value is -3.23. The van der Waals surface area contributed by atoms with Crippen LogP contribution in [0.4, 0.5) is 21.5 Å². The molecule has 0 saturated carbocycles. The average molecular weight is 306 g/mol. The minimum atomic E-state index is -0.908. The van der Waals surface area contributed by atoms with Gasteiger partial charge in [0.25, 0.3) is 0 Å². The molecule has 0 fully saturated rings. The van der Waals surface area contributed by atoms with Crippen molar-refractivity contribution in [2.24, 2.45) is 0 Å². The highest BCUT2D eigenvalue weighted by atomic mass is 19.1. The Morgan fingerprint density at radius 2 is 2.14 bits per heavy atom. The van der Waals surface area contributed by atoms with Crippen LogP contribution in [-0.4, -0.2) is 15.4 Å². The van der Waals surface area contributed by atoms with Gasteiger partial charge in [0.2, 0.25) is 5.91 Å². The molecule has 0 radical (unpaired) electrons. The average Bonchev–Trinajstić information content (AvgIpc) is 2.45. The fourth-order valence-corrected chi connectivity index (χ4v) is 1.77. The number of hydrogen-bond donors (Lipinski definition) is 2. The van der Waals surface area contributed by atoms with Gasteiger partial charge in [-0.2, -0.15) is 0 Å². The Balaban J connectivity index is 2.20. The smallest absolute Gasteiger partial charge is 0.334 e. The van der Waals surface area contributed by atoms with Gasteiger partial charge in [0.05, 0.1) is 16.3 Å². The third kappa shape index (κ3) is 3.26. The number of pyridine rings is 1. The van der Waals surface area contributed by atoms with Gasteiger partial charge in [0.1, 0.15) is 12.4 Å². The van der Waals surface area contributed by atoms with Crippen molar-refractivity contribution in [1.82, 2.24) is 4.57 Å². The quantitative estimate of drug-likeness (QED) is 0.498. The Kier molecular flexibility index (Phi) is 4.16. The van der Waals surface area contributed by atoms with E-state index >= 15 is 0 Å². The number of carbonyl (C=O) groups excluding carboxylic acids is 1. The lowest BCUT2D eigenvalue weighted by molar-refractivity contribution is -0.386. The van der Waals surface area contributed by atoms with Crippen LogP contribution in [0.15, 0.2) is 41.3 Å². The lowest BCUT2D eigenvalue weighted by Crippen LogP contribution is -2.28. The van der Waals surface area contributed by atoms with Crippen LogP contribution in [0.3, 0.4) is 0 Å². The number of nitrogens with two attached hydrogens (primary N) is 1. The second-order valence-electron chi connectivity index (χ2n) is 4.36. The van der Waals surface area contributed by atoms with E-state index in [1.54, 1.807) is 0 Å². The zero-order valence-electron chi connectivity index (χ0n) is 11.2. The lowest BCUT2D eigenvalue weighted by atomic mass is 10.2. The molecule has 1 aromatic heterocycles. The van der Waals surface area contributed by atoms with E-state index in [0.717, 1.165) is 22.8 Å². The van der Waals surface area contributed by atoms with Gasteiger partial charge in [-0.05, 0) is 24.3 Å². The number of halogens is 1. The standard InChI is InChI=1S/C13H11FN4O4/c14-8-3-4-9(15)10(6-8)16-12(19)7-17-5-1-2-11(13(17)20)18(21)22/h1-6H,7,15H2,(H,16,19). The molecule has 3 N–H and O–H groups in total. The number of hydrogen-bond acceptors (Lipinski definition) is 5. The maximum absolute atomic E-state index is 13.1. The summed E-state index contributed by atoms with van der Waals surface area (Å²) in [6.45, 7) is -0.462. The summed E-state index contributed by atoms with van der Waals surface area (Å²) in [6.07, 6.45) is 1.24. The van der Waals surface area contributed by atoms with Gasteiger partial charge in [-0.25, -0.2) is 4.39 Å². The largest absolute Gasteiger partial charge is 0.397 e. The van der Waals surface area contributed by atoms with Crippen molar-refractivity contribution in [3.63, 3.8) is 0 Å². The van der Waals surface area contributed by atoms with E-state index in [1.807, 2.05) is 0 Å². The number of amides is 1. The first kappa shape index (κ1) is 15.2. The summed E-state index contributed by atoms with van der Waals surface area (Å²) in [5.41, 5.74) is 4.25. The summed E-state index contributed by atoms with van der Waals surface area (Å²) in [5, 5.41) is 13.0. The van der Waals surface area contributed by atoms with Gasteiger partial charge < -0.3 is 15.6 Å². The summed E-state index contributed by atoms with van der Waals surface area (Å²) in [5.74, 6) is -1.25. The molecule has 22 heavy (non-hydrogen) atoms. The number of nitrogens with one attached hydrogen (secondary N) is 1. The van der Waals surface area contributed by atoms with Crippen LogP contribution in [0.25, 0.3) is 0 Å². The molecule has 0 aliphatic carbocycles. The molecule has 2 rings (SSSR count). The van der Waals surface area contributed by atoms with Crippen molar-refractivity contribution < 1.29 is 14.1 Å². The van der Waals surface area contributed by atoms with Crippen molar-refractivity contribution in [2.75, 3.05) is 11.1 Å². The molecule has 0 spiro atoms. The van der Waals surface area contributed by atoms with E-state index in [9.17, 15) is 24.1 Å². The second-order valence-corrected chi connectivity index (χ2v) is 4.36. The fourth-order valence-electron chi connectivity index (χ4n) is 1.77. The zero-order chi connectivity index (χ0) is 16.3. The Bertz CT molecular complexity index is 803. The fraction of sp³-hybridized carbons (Fsp3) is 0.0769. The molecule has 1 amide bonds. The number of aromatic nitrogens is 1. The van der Waals surface area contributed by atoms with Gasteiger partial charge in [0.15, 0.2) is 0 Å². The van der Waals surface area contributed by atoms with Crippen molar-refractivity contribution >= 4 is 23.0 Å². The molecule has 1 aromatic carbocycles. The molecule has 0 saturated heterocycles. The van der Waals surface area contributed by atoms with Gasteiger partial charge in [-0.3, -0.25) is 19.7 Å². The van der Waals surface area contributed by atoms with E-state index in [1.165, 1.54) is 18.3 Å². The van der Waals surface area contributed by atoms with Crippen LogP contribution in [0.2, 0.25) is 0 Å². The topological polar surface area (TPSA) is 120 Å². The van der Waals surface area contributed by atoms with Gasteiger partial charge in [-0.15, -0.1) is 0 Å². The van der Waals surface area contributed by atoms with Crippen LogP contribution in [0, 0.1) is 15.9 Å². The Morgan fingerprint density at radius 1 is 1.41 bits per heavy atom. The number of nitrogens with zero attached hydrogens (tertiary/aromatic N) is 2. The number of anilines is 2. The molecule has 114 valence electrons. The molecule has 2 aromatic rings. The van der Waals surface area contributed by atoms with Gasteiger partial charge >= 0.3 is 11.2 Å². The Labute approximate surface area is 123 Å². The maximum Gasteiger partial charge on any atom is 0.334 e. The zero-order valence-corrected chi connectivity index (χ0v) is 11.2. The van der Waals surface area contributed by atoms with Crippen molar-refractivity contribution in [2.45, 2.75) is 6.54 Å². The van der Waals surface area contributed by atoms with Gasteiger partial charge in [0, 0.05) is 12.3 Å². The summed E-state index contributed by atoms with van der Waals surface area (Å²) < 4.78 is 14.0. The number of carbonyl (C=O) groups is 1. The Morgan fingerprint density at radius 3 is 2.82 bits per heavy atom. The minimum absolute atomic E-state index is 0.0588. The van der Waals surface area contributed by atoms with Crippen LogP contribution in [0.1, 0.15) is 0 Å². The monoisotopic (exact) mass is 306 g/mol. The van der Waals surface area contributed by atoms with E-state index in [-0.39, 0.29) is 11.4 Å². The first-order valence-corrected chi connectivity index (χ1v) is 6.07. The highest BCUT2D eigenvalue weighted by Crippen LogP contribution is 2.19. The van der Waals surface area contributed by atoms with Crippen molar-refractivity contribution in [3.05, 3.63) is 62.8 Å². The van der Waals surface area contributed by atoms with Crippen LogP contribution in [-0.2, 0) is 11.3 Å². The highest BCUT2D eigenvalue weighted by molar-refractivity contribution is 5.93. The third-order valence-corrected chi connectivity index (χ3v) is 2.80. The summed E-state index contributed by atoms with van der Waals surface area (Å²) in [6, 6.07) is 5.77. The van der Waals surface area contributed by atoms with Crippen LogP contribution < -0.4 is 16.6 Å². The molecule has 0 unspecified atom stereocenters. The SMILES string of the molecule is Nc1ccc(F)cc1NC(=O)Cn1cccc([N+](=O)[O-])c1=O. The minimum Gasteiger partial charge on any atom is -0.397 e. The van der Waals surface area contributed by atoms with E-state index in [2.05, 4.69) is 5.32 Å². The number of nitro groups is 1. The summed E-state index contributed by atoms with van der Waals surface area (Å²) in [7, 11) is 0. The highest BCUT2D eigenvalue weighted by Gasteiger charge is 2.15. The first-order valence-electron chi connectivity index (χ1n) is 6.07. The molecular formula is C13H11FN4O4. The van der Waals surface area contributed by atoms with Crippen LogP contribution in [0.5, 0.6) is 0 Å². The maximum atomic E-state index is 13.1. The van der Waals surface area contributed by atoms with Crippen LogP contribution >= 0.6 is 0 Å². The number of rotatable bonds is 4. The van der Waals surface area contributed by atoms with E-state index in [4.69, 9.17) is 5.73 Å². The van der Waals surface area contributed by atoms with E-state index < -0.39 is 34.4 Å². The van der Waals surface area contributed by atoms with Gasteiger partial charge in [-0.1, -0.05) is 0 Å². The molecule has 9 heteroatoms. The summed E-state index contributed by atoms with van der Waals surface area (Å²) in [4.78, 5) is 33.5. The van der Waals surface area contributed by atoms with E-state index in [0.29, 0.717) is 0 Å². The van der Waals surface area contributed by atoms with Crippen molar-refractivity contribution in [3.8, 4) is 0 Å². The lowest BCUT2D eigenvalue weighted by Gasteiger charge is -2.09. The number of nitrogen functional groups attached to an aromatic ring is 1.